The molecule has 1 saturated heterocycles. The summed E-state index contributed by atoms with van der Waals surface area (Å²) >= 11 is 0. The average molecular weight is 392 g/mol. The number of benzene rings is 1. The summed E-state index contributed by atoms with van der Waals surface area (Å²) in [6.07, 6.45) is 3.28. The Morgan fingerprint density at radius 2 is 1.79 bits per heavy atom. The number of hydrogen-bond acceptors (Lipinski definition) is 6. The maximum atomic E-state index is 12.4. The molecule has 0 radical (unpaired) electrons. The number of amides is 1. The standard InChI is InChI=1S/C22H24N4O3/c1-28-19-6-4-17(5-7-19)25-10-12-26(13-11-25)18-8-9-23-21(15-18)22(27)24-16-20-3-2-14-29-20/h2-9,14-15H,10-13,16H2,1H3,(H,24,27). The van der Waals surface area contributed by atoms with Gasteiger partial charge >= 0.3 is 0 Å². The molecular weight excluding hydrogens is 368 g/mol. The first-order valence-electron chi connectivity index (χ1n) is 9.63. The zero-order chi connectivity index (χ0) is 20.1. The van der Waals surface area contributed by atoms with Crippen molar-refractivity contribution in [2.24, 2.45) is 0 Å². The van der Waals surface area contributed by atoms with Crippen LogP contribution in [0.3, 0.4) is 0 Å². The predicted octanol–water partition coefficient (Wildman–Crippen LogP) is 2.94. The molecule has 0 unspecified atom stereocenters. The Hall–Kier alpha value is -3.48. The minimum atomic E-state index is -0.208. The summed E-state index contributed by atoms with van der Waals surface area (Å²) in [6.45, 7) is 3.93. The maximum absolute atomic E-state index is 12.4. The lowest BCUT2D eigenvalue weighted by Gasteiger charge is -2.37. The van der Waals surface area contributed by atoms with E-state index in [0.717, 1.165) is 37.6 Å². The molecule has 0 aliphatic carbocycles. The van der Waals surface area contributed by atoms with Crippen molar-refractivity contribution in [2.45, 2.75) is 6.54 Å². The highest BCUT2D eigenvalue weighted by Gasteiger charge is 2.19. The number of ether oxygens (including phenoxy) is 1. The highest BCUT2D eigenvalue weighted by molar-refractivity contribution is 5.93. The fraction of sp³-hybridized carbons (Fsp3) is 0.273. The lowest BCUT2D eigenvalue weighted by molar-refractivity contribution is 0.0943. The fourth-order valence-electron chi connectivity index (χ4n) is 3.43. The Kier molecular flexibility index (Phi) is 5.65. The molecule has 0 bridgehead atoms. The Morgan fingerprint density at radius 3 is 2.45 bits per heavy atom. The number of furan rings is 1. The van der Waals surface area contributed by atoms with Crippen LogP contribution >= 0.6 is 0 Å². The molecule has 29 heavy (non-hydrogen) atoms. The zero-order valence-corrected chi connectivity index (χ0v) is 16.4. The van der Waals surface area contributed by atoms with E-state index < -0.39 is 0 Å². The van der Waals surface area contributed by atoms with Crippen LogP contribution in [0.15, 0.2) is 65.4 Å². The molecule has 2 aromatic heterocycles. The Morgan fingerprint density at radius 1 is 1.07 bits per heavy atom. The molecule has 0 saturated carbocycles. The quantitative estimate of drug-likeness (QED) is 0.696. The van der Waals surface area contributed by atoms with Gasteiger partial charge in [-0.15, -0.1) is 0 Å². The largest absolute Gasteiger partial charge is 0.497 e. The van der Waals surface area contributed by atoms with Gasteiger partial charge in [-0.3, -0.25) is 9.78 Å². The van der Waals surface area contributed by atoms with Crippen LogP contribution in [-0.2, 0) is 6.54 Å². The topological polar surface area (TPSA) is 70.8 Å². The highest BCUT2D eigenvalue weighted by Crippen LogP contribution is 2.23. The number of methoxy groups -OCH3 is 1. The van der Waals surface area contributed by atoms with Crippen LogP contribution in [0, 0.1) is 0 Å². The number of piperazine rings is 1. The van der Waals surface area contributed by atoms with Crippen LogP contribution in [0.2, 0.25) is 0 Å². The van der Waals surface area contributed by atoms with Crippen LogP contribution < -0.4 is 19.9 Å². The number of anilines is 2. The van der Waals surface area contributed by atoms with Crippen molar-refractivity contribution in [1.82, 2.24) is 10.3 Å². The van der Waals surface area contributed by atoms with E-state index in [9.17, 15) is 4.79 Å². The summed E-state index contributed by atoms with van der Waals surface area (Å²) in [7, 11) is 1.67. The molecule has 1 aromatic carbocycles. The van der Waals surface area contributed by atoms with E-state index >= 15 is 0 Å². The number of nitrogens with zero attached hydrogens (tertiary/aromatic N) is 3. The maximum Gasteiger partial charge on any atom is 0.270 e. The number of rotatable bonds is 6. The lowest BCUT2D eigenvalue weighted by atomic mass is 10.2. The van der Waals surface area contributed by atoms with Crippen LogP contribution in [-0.4, -0.2) is 44.2 Å². The molecule has 7 heteroatoms. The molecule has 150 valence electrons. The van der Waals surface area contributed by atoms with Gasteiger partial charge in [0.2, 0.25) is 0 Å². The van der Waals surface area contributed by atoms with Gasteiger partial charge in [0, 0.05) is 43.8 Å². The van der Waals surface area contributed by atoms with Gasteiger partial charge < -0.3 is 24.3 Å². The highest BCUT2D eigenvalue weighted by atomic mass is 16.5. The van der Waals surface area contributed by atoms with Crippen molar-refractivity contribution in [3.8, 4) is 5.75 Å². The molecule has 0 spiro atoms. The SMILES string of the molecule is COc1ccc(N2CCN(c3ccnc(C(=O)NCc4ccco4)c3)CC2)cc1. The molecular formula is C22H24N4O3. The second-order valence-electron chi connectivity index (χ2n) is 6.83. The van der Waals surface area contributed by atoms with Crippen LogP contribution in [0.5, 0.6) is 5.75 Å². The minimum Gasteiger partial charge on any atom is -0.497 e. The summed E-state index contributed by atoms with van der Waals surface area (Å²) < 4.78 is 10.5. The van der Waals surface area contributed by atoms with E-state index in [1.54, 1.807) is 25.6 Å². The zero-order valence-electron chi connectivity index (χ0n) is 16.4. The third-order valence-corrected chi connectivity index (χ3v) is 5.06. The van der Waals surface area contributed by atoms with Crippen LogP contribution in [0.25, 0.3) is 0 Å². The molecule has 4 rings (SSSR count). The van der Waals surface area contributed by atoms with Gasteiger partial charge in [0.15, 0.2) is 0 Å². The molecule has 0 atom stereocenters. The molecule has 1 amide bonds. The first kappa shape index (κ1) is 18.9. The van der Waals surface area contributed by atoms with E-state index in [-0.39, 0.29) is 5.91 Å². The monoisotopic (exact) mass is 392 g/mol. The first-order valence-corrected chi connectivity index (χ1v) is 9.63. The van der Waals surface area contributed by atoms with Gasteiger partial charge in [0.05, 0.1) is 19.9 Å². The van der Waals surface area contributed by atoms with Gasteiger partial charge in [0.25, 0.3) is 5.91 Å². The number of nitrogens with one attached hydrogen (secondary N) is 1. The smallest absolute Gasteiger partial charge is 0.270 e. The summed E-state index contributed by atoms with van der Waals surface area (Å²) in [6, 6.07) is 15.6. The molecule has 3 heterocycles. The number of pyridine rings is 1. The Balaban J connectivity index is 1.35. The van der Waals surface area contributed by atoms with Crippen molar-refractivity contribution in [1.29, 1.82) is 0 Å². The summed E-state index contributed by atoms with van der Waals surface area (Å²) in [4.78, 5) is 21.3. The van der Waals surface area contributed by atoms with Crippen molar-refractivity contribution >= 4 is 17.3 Å². The van der Waals surface area contributed by atoms with Crippen molar-refractivity contribution in [3.63, 3.8) is 0 Å². The van der Waals surface area contributed by atoms with E-state index in [2.05, 4.69) is 32.2 Å². The van der Waals surface area contributed by atoms with E-state index in [0.29, 0.717) is 18.0 Å². The average Bonchev–Trinajstić information content (AvgIpc) is 3.31. The normalized spacial score (nSPS) is 14.0. The summed E-state index contributed by atoms with van der Waals surface area (Å²) in [5.41, 5.74) is 2.61. The Labute approximate surface area is 169 Å². The second kappa shape index (κ2) is 8.68. The first-order chi connectivity index (χ1) is 14.2. The predicted molar refractivity (Wildman–Crippen MR) is 112 cm³/mol. The van der Waals surface area contributed by atoms with Gasteiger partial charge in [-0.1, -0.05) is 0 Å². The fourth-order valence-corrected chi connectivity index (χ4v) is 3.43. The molecule has 1 aliphatic rings. The Bertz CT molecular complexity index is 933. The number of carbonyl (C=O) groups is 1. The minimum absolute atomic E-state index is 0.208. The molecule has 1 fully saturated rings. The van der Waals surface area contributed by atoms with Gasteiger partial charge in [-0.25, -0.2) is 0 Å². The summed E-state index contributed by atoms with van der Waals surface area (Å²) in [5, 5.41) is 2.84. The van der Waals surface area contributed by atoms with Crippen molar-refractivity contribution in [2.75, 3.05) is 43.1 Å². The summed E-state index contributed by atoms with van der Waals surface area (Å²) in [5.74, 6) is 1.37. The van der Waals surface area contributed by atoms with Gasteiger partial charge in [-0.2, -0.15) is 0 Å². The van der Waals surface area contributed by atoms with Crippen molar-refractivity contribution < 1.29 is 13.9 Å². The molecule has 1 aliphatic heterocycles. The molecule has 3 aromatic rings. The third-order valence-electron chi connectivity index (χ3n) is 5.06. The van der Waals surface area contributed by atoms with E-state index in [1.165, 1.54) is 5.69 Å². The van der Waals surface area contributed by atoms with Crippen molar-refractivity contribution in [3.05, 3.63) is 72.4 Å². The second-order valence-corrected chi connectivity index (χ2v) is 6.83. The van der Waals surface area contributed by atoms with Gasteiger partial charge in [-0.05, 0) is 48.5 Å². The number of carbonyl (C=O) groups excluding carboxylic acids is 1. The van der Waals surface area contributed by atoms with E-state index in [4.69, 9.17) is 9.15 Å². The van der Waals surface area contributed by atoms with Gasteiger partial charge in [0.1, 0.15) is 17.2 Å². The van der Waals surface area contributed by atoms with Crippen LogP contribution in [0.4, 0.5) is 11.4 Å². The molecule has 7 nitrogen and oxygen atoms in total. The van der Waals surface area contributed by atoms with E-state index in [1.807, 2.05) is 30.3 Å². The molecule has 1 N–H and O–H groups in total. The number of aromatic nitrogens is 1. The third kappa shape index (κ3) is 4.51. The van der Waals surface area contributed by atoms with Crippen LogP contribution in [0.1, 0.15) is 16.2 Å². The lowest BCUT2D eigenvalue weighted by Crippen LogP contribution is -2.46. The number of hydrogen-bond donors (Lipinski definition) is 1.